The number of benzene rings is 1. The van der Waals surface area contributed by atoms with Crippen molar-refractivity contribution in [3.63, 3.8) is 0 Å². The topological polar surface area (TPSA) is 66.9 Å². The van der Waals surface area contributed by atoms with Gasteiger partial charge in [0.25, 0.3) is 5.91 Å². The zero-order chi connectivity index (χ0) is 15.2. The van der Waals surface area contributed by atoms with Crippen LogP contribution in [0.1, 0.15) is 10.5 Å². The van der Waals surface area contributed by atoms with Crippen LogP contribution in [0.25, 0.3) is 0 Å². The Labute approximate surface area is 119 Å². The number of anilines is 2. The lowest BCUT2D eigenvalue weighted by molar-refractivity contribution is 0.102. The van der Waals surface area contributed by atoms with Gasteiger partial charge in [0.1, 0.15) is 11.5 Å². The fourth-order valence-corrected chi connectivity index (χ4v) is 1.48. The number of rotatable bonds is 5. The summed E-state index contributed by atoms with van der Waals surface area (Å²) in [5, 5.41) is 5.31. The third-order valence-electron chi connectivity index (χ3n) is 2.49. The van der Waals surface area contributed by atoms with Crippen LogP contribution in [0, 0.1) is 11.6 Å². The number of carbonyl (C=O) groups is 1. The van der Waals surface area contributed by atoms with Crippen LogP contribution >= 0.6 is 0 Å². The molecule has 2 N–H and O–H groups in total. The van der Waals surface area contributed by atoms with Gasteiger partial charge in [0.15, 0.2) is 11.6 Å². The molecule has 21 heavy (non-hydrogen) atoms. The van der Waals surface area contributed by atoms with Gasteiger partial charge in [-0.1, -0.05) is 6.08 Å². The van der Waals surface area contributed by atoms with E-state index in [1.165, 1.54) is 18.5 Å². The van der Waals surface area contributed by atoms with Crippen molar-refractivity contribution in [3.8, 4) is 0 Å². The summed E-state index contributed by atoms with van der Waals surface area (Å²) in [6.07, 6.45) is 4.33. The second-order valence-corrected chi connectivity index (χ2v) is 4.04. The van der Waals surface area contributed by atoms with E-state index in [9.17, 15) is 13.6 Å². The number of amides is 1. The highest BCUT2D eigenvalue weighted by Crippen LogP contribution is 2.14. The third-order valence-corrected chi connectivity index (χ3v) is 2.49. The van der Waals surface area contributed by atoms with Crippen molar-refractivity contribution in [2.45, 2.75) is 0 Å². The minimum absolute atomic E-state index is 0.0592. The van der Waals surface area contributed by atoms with Crippen molar-refractivity contribution in [3.05, 3.63) is 60.6 Å². The minimum Gasteiger partial charge on any atom is -0.365 e. The summed E-state index contributed by atoms with van der Waals surface area (Å²) in [5.41, 5.74) is 0.193. The third kappa shape index (κ3) is 3.82. The van der Waals surface area contributed by atoms with Crippen molar-refractivity contribution >= 4 is 17.4 Å². The molecule has 7 heteroatoms. The molecule has 1 amide bonds. The lowest BCUT2D eigenvalue weighted by Gasteiger charge is -2.06. The standard InChI is InChI=1S/C14H12F2N4O/c1-2-5-17-13-8-18-12(7-19-13)14(21)20-9-3-4-10(15)11(16)6-9/h2-4,6-8H,1,5H2,(H,17,19)(H,20,21). The normalized spacial score (nSPS) is 10.0. The average molecular weight is 290 g/mol. The Morgan fingerprint density at radius 1 is 1.24 bits per heavy atom. The molecule has 1 heterocycles. The number of nitrogens with zero attached hydrogens (tertiary/aromatic N) is 2. The summed E-state index contributed by atoms with van der Waals surface area (Å²) in [7, 11) is 0. The highest BCUT2D eigenvalue weighted by Gasteiger charge is 2.10. The van der Waals surface area contributed by atoms with Gasteiger partial charge in [-0.3, -0.25) is 4.79 Å². The lowest BCUT2D eigenvalue weighted by Crippen LogP contribution is -2.14. The molecule has 0 unspecified atom stereocenters. The van der Waals surface area contributed by atoms with E-state index in [0.717, 1.165) is 12.1 Å². The van der Waals surface area contributed by atoms with E-state index < -0.39 is 17.5 Å². The molecule has 1 aromatic heterocycles. The molecule has 0 bridgehead atoms. The van der Waals surface area contributed by atoms with Gasteiger partial charge in [0, 0.05) is 18.3 Å². The SMILES string of the molecule is C=CCNc1cnc(C(=O)Nc2ccc(F)c(F)c2)cn1. The van der Waals surface area contributed by atoms with E-state index in [2.05, 4.69) is 27.2 Å². The van der Waals surface area contributed by atoms with Gasteiger partial charge in [-0.25, -0.2) is 18.7 Å². The van der Waals surface area contributed by atoms with Crippen LogP contribution < -0.4 is 10.6 Å². The first-order valence-corrected chi connectivity index (χ1v) is 6.03. The monoisotopic (exact) mass is 290 g/mol. The highest BCUT2D eigenvalue weighted by atomic mass is 19.2. The Kier molecular flexibility index (Phi) is 4.55. The quantitative estimate of drug-likeness (QED) is 0.831. The maximum Gasteiger partial charge on any atom is 0.275 e. The Morgan fingerprint density at radius 3 is 2.67 bits per heavy atom. The summed E-state index contributed by atoms with van der Waals surface area (Å²) >= 11 is 0. The van der Waals surface area contributed by atoms with Crippen LogP contribution in [0.3, 0.4) is 0 Å². The number of aromatic nitrogens is 2. The molecule has 0 spiro atoms. The van der Waals surface area contributed by atoms with E-state index in [-0.39, 0.29) is 11.4 Å². The van der Waals surface area contributed by atoms with Crippen molar-refractivity contribution in [1.82, 2.24) is 9.97 Å². The Morgan fingerprint density at radius 2 is 2.05 bits per heavy atom. The molecule has 108 valence electrons. The molecule has 0 aliphatic heterocycles. The number of hydrogen-bond donors (Lipinski definition) is 2. The summed E-state index contributed by atoms with van der Waals surface area (Å²) in [6, 6.07) is 3.07. The van der Waals surface area contributed by atoms with Crippen LogP contribution in [0.4, 0.5) is 20.3 Å². The van der Waals surface area contributed by atoms with E-state index in [1.54, 1.807) is 6.08 Å². The minimum atomic E-state index is -1.04. The van der Waals surface area contributed by atoms with Gasteiger partial charge in [-0.2, -0.15) is 0 Å². The van der Waals surface area contributed by atoms with Crippen LogP contribution in [0.15, 0.2) is 43.2 Å². The zero-order valence-electron chi connectivity index (χ0n) is 10.9. The van der Waals surface area contributed by atoms with E-state index in [1.807, 2.05) is 0 Å². The Balaban J connectivity index is 2.05. The van der Waals surface area contributed by atoms with Crippen LogP contribution in [-0.2, 0) is 0 Å². The predicted molar refractivity (Wildman–Crippen MR) is 75.0 cm³/mol. The van der Waals surface area contributed by atoms with Gasteiger partial charge in [0.2, 0.25) is 0 Å². The van der Waals surface area contributed by atoms with E-state index in [4.69, 9.17) is 0 Å². The van der Waals surface area contributed by atoms with Crippen molar-refractivity contribution in [2.75, 3.05) is 17.2 Å². The van der Waals surface area contributed by atoms with Gasteiger partial charge >= 0.3 is 0 Å². The fourth-order valence-electron chi connectivity index (χ4n) is 1.48. The van der Waals surface area contributed by atoms with Gasteiger partial charge in [-0.05, 0) is 12.1 Å². The second-order valence-electron chi connectivity index (χ2n) is 4.04. The highest BCUT2D eigenvalue weighted by molar-refractivity contribution is 6.02. The molecule has 0 aliphatic carbocycles. The molecule has 0 saturated heterocycles. The summed E-state index contributed by atoms with van der Waals surface area (Å²) in [4.78, 5) is 19.8. The fraction of sp³-hybridized carbons (Fsp3) is 0.0714. The van der Waals surface area contributed by atoms with Gasteiger partial charge in [-0.15, -0.1) is 6.58 Å². The van der Waals surface area contributed by atoms with Crippen LogP contribution in [0.5, 0.6) is 0 Å². The molecular weight excluding hydrogens is 278 g/mol. The van der Waals surface area contributed by atoms with E-state index in [0.29, 0.717) is 12.4 Å². The summed E-state index contributed by atoms with van der Waals surface area (Å²) in [6.45, 7) is 4.07. The molecule has 0 atom stereocenters. The van der Waals surface area contributed by atoms with Crippen molar-refractivity contribution in [1.29, 1.82) is 0 Å². The average Bonchev–Trinajstić information content (AvgIpc) is 2.49. The maximum atomic E-state index is 13.0. The first kappa shape index (κ1) is 14.6. The van der Waals surface area contributed by atoms with Gasteiger partial charge < -0.3 is 10.6 Å². The van der Waals surface area contributed by atoms with Crippen LogP contribution in [0.2, 0.25) is 0 Å². The molecule has 2 aromatic rings. The van der Waals surface area contributed by atoms with Crippen molar-refractivity contribution in [2.24, 2.45) is 0 Å². The first-order valence-electron chi connectivity index (χ1n) is 6.03. The number of carbonyl (C=O) groups excluding carboxylic acids is 1. The number of halogens is 2. The van der Waals surface area contributed by atoms with E-state index >= 15 is 0 Å². The second kappa shape index (κ2) is 6.56. The lowest BCUT2D eigenvalue weighted by atomic mass is 10.3. The van der Waals surface area contributed by atoms with Crippen molar-refractivity contribution < 1.29 is 13.6 Å². The largest absolute Gasteiger partial charge is 0.365 e. The molecule has 1 aromatic carbocycles. The first-order chi connectivity index (χ1) is 10.1. The molecule has 2 rings (SSSR count). The molecular formula is C14H12F2N4O. The summed E-state index contributed by atoms with van der Waals surface area (Å²) in [5.74, 6) is -2.09. The molecule has 5 nitrogen and oxygen atoms in total. The Bertz CT molecular complexity index is 659. The molecule has 0 aliphatic rings. The summed E-state index contributed by atoms with van der Waals surface area (Å²) < 4.78 is 25.8. The smallest absolute Gasteiger partial charge is 0.275 e. The molecule has 0 radical (unpaired) electrons. The maximum absolute atomic E-state index is 13.0. The number of nitrogens with one attached hydrogen (secondary N) is 2. The predicted octanol–water partition coefficient (Wildman–Crippen LogP) is 2.61. The molecule has 0 saturated carbocycles. The Hall–Kier alpha value is -2.83. The number of hydrogen-bond acceptors (Lipinski definition) is 4. The van der Waals surface area contributed by atoms with Gasteiger partial charge in [0.05, 0.1) is 12.4 Å². The zero-order valence-corrected chi connectivity index (χ0v) is 10.9. The van der Waals surface area contributed by atoms with Crippen LogP contribution in [-0.4, -0.2) is 22.4 Å². The molecule has 0 fully saturated rings.